The van der Waals surface area contributed by atoms with Gasteiger partial charge in [-0.2, -0.15) is 0 Å². The second-order valence-corrected chi connectivity index (χ2v) is 12.6. The number of rotatable bonds is 10. The predicted molar refractivity (Wildman–Crippen MR) is 189 cm³/mol. The molecule has 0 saturated carbocycles. The van der Waals surface area contributed by atoms with Gasteiger partial charge in [-0.15, -0.1) is 23.7 Å². The summed E-state index contributed by atoms with van der Waals surface area (Å²) in [5.74, 6) is 1.35. The number of carbonyl (C=O) groups is 1. The third-order valence-electron chi connectivity index (χ3n) is 8.49. The van der Waals surface area contributed by atoms with Crippen molar-refractivity contribution >= 4 is 39.9 Å². The van der Waals surface area contributed by atoms with E-state index >= 15 is 0 Å². The number of amides is 1. The van der Waals surface area contributed by atoms with Crippen LogP contribution < -0.4 is 14.9 Å². The number of carbonyl (C=O) groups excluding carboxylic acids is 1. The Morgan fingerprint density at radius 3 is 2.26 bits per heavy atom. The van der Waals surface area contributed by atoms with Crippen LogP contribution in [-0.4, -0.2) is 54.6 Å². The van der Waals surface area contributed by atoms with E-state index in [0.29, 0.717) is 31.6 Å². The zero-order valence-corrected chi connectivity index (χ0v) is 28.2. The number of hydrogen-bond acceptors (Lipinski definition) is 6. The van der Waals surface area contributed by atoms with Crippen LogP contribution in [0, 0.1) is 0 Å². The average molecular weight is 658 g/mol. The molecule has 240 valence electrons. The van der Waals surface area contributed by atoms with E-state index < -0.39 is 0 Å². The summed E-state index contributed by atoms with van der Waals surface area (Å²) >= 11 is 1.60. The van der Waals surface area contributed by atoms with Gasteiger partial charge in [0.15, 0.2) is 0 Å². The Hall–Kier alpha value is -4.11. The first-order chi connectivity index (χ1) is 22.0. The fourth-order valence-corrected chi connectivity index (χ4v) is 7.49. The molecule has 9 heteroatoms. The molecule has 2 aromatic heterocycles. The molecular weight excluding hydrogens is 618 g/mol. The molecule has 46 heavy (non-hydrogen) atoms. The molecule has 5 aromatic rings. The predicted octanol–water partition coefficient (Wildman–Crippen LogP) is 7.48. The van der Waals surface area contributed by atoms with Crippen LogP contribution in [0.4, 0.5) is 0 Å². The summed E-state index contributed by atoms with van der Waals surface area (Å²) in [5.41, 5.74) is 4.14. The van der Waals surface area contributed by atoms with Crippen molar-refractivity contribution in [2.24, 2.45) is 0 Å². The minimum Gasteiger partial charge on any atom is -0.497 e. The van der Waals surface area contributed by atoms with Crippen molar-refractivity contribution < 1.29 is 14.3 Å². The zero-order valence-electron chi connectivity index (χ0n) is 26.5. The quantitative estimate of drug-likeness (QED) is 0.156. The Morgan fingerprint density at radius 2 is 1.57 bits per heavy atom. The molecule has 0 spiro atoms. The van der Waals surface area contributed by atoms with Crippen molar-refractivity contribution in [3.05, 3.63) is 118 Å². The molecule has 0 bridgehead atoms. The van der Waals surface area contributed by atoms with E-state index in [4.69, 9.17) is 9.47 Å². The molecule has 3 aromatic carbocycles. The normalized spacial score (nSPS) is 13.1. The van der Waals surface area contributed by atoms with E-state index in [1.807, 2.05) is 71.6 Å². The number of likely N-dealkylation sites (tertiary alicyclic amines) is 1. The summed E-state index contributed by atoms with van der Waals surface area (Å²) in [7, 11) is 5.40. The van der Waals surface area contributed by atoms with Crippen LogP contribution >= 0.6 is 23.7 Å². The van der Waals surface area contributed by atoms with Crippen molar-refractivity contribution in [2.45, 2.75) is 38.9 Å². The highest BCUT2D eigenvalue weighted by Crippen LogP contribution is 2.39. The zero-order chi connectivity index (χ0) is 31.3. The smallest absolute Gasteiger partial charge is 0.259 e. The van der Waals surface area contributed by atoms with Gasteiger partial charge in [0.05, 0.1) is 26.2 Å². The van der Waals surface area contributed by atoms with E-state index in [2.05, 4.69) is 28.6 Å². The summed E-state index contributed by atoms with van der Waals surface area (Å²) in [4.78, 5) is 34.4. The first kappa shape index (κ1) is 33.3. The second-order valence-electron chi connectivity index (χ2n) is 11.6. The Balaban J connectivity index is 0.00000417. The van der Waals surface area contributed by atoms with Crippen molar-refractivity contribution in [1.82, 2.24) is 14.4 Å². The molecule has 0 radical (unpaired) electrons. The molecule has 0 unspecified atom stereocenters. The number of pyridine rings is 1. The highest BCUT2D eigenvalue weighted by Gasteiger charge is 2.27. The monoisotopic (exact) mass is 657 g/mol. The SMILES string of the molecule is COc1ccc(-c2sc3c(c2CN(C)Cc2ccccc2)c(=O)c(C(=O)N2CCCCC2)cn3Cc2ccccc2OC)cc1.Cl. The largest absolute Gasteiger partial charge is 0.497 e. The minimum absolute atomic E-state index is 0. The number of hydrogen-bond donors (Lipinski definition) is 0. The van der Waals surface area contributed by atoms with Gasteiger partial charge in [0.2, 0.25) is 5.43 Å². The lowest BCUT2D eigenvalue weighted by molar-refractivity contribution is 0.0722. The Kier molecular flexibility index (Phi) is 10.8. The molecule has 1 amide bonds. The van der Waals surface area contributed by atoms with Gasteiger partial charge < -0.3 is 18.9 Å². The van der Waals surface area contributed by atoms with E-state index in [9.17, 15) is 9.59 Å². The van der Waals surface area contributed by atoms with Crippen LogP contribution in [0.3, 0.4) is 0 Å². The number of methoxy groups -OCH3 is 2. The molecule has 0 atom stereocenters. The van der Waals surface area contributed by atoms with Crippen LogP contribution in [0.2, 0.25) is 0 Å². The van der Waals surface area contributed by atoms with Gasteiger partial charge in [0, 0.05) is 42.8 Å². The molecule has 7 nitrogen and oxygen atoms in total. The van der Waals surface area contributed by atoms with E-state index in [0.717, 1.165) is 63.7 Å². The molecular formula is C37H40ClN3O4S. The molecule has 1 saturated heterocycles. The highest BCUT2D eigenvalue weighted by atomic mass is 35.5. The maximum absolute atomic E-state index is 14.5. The van der Waals surface area contributed by atoms with Gasteiger partial charge in [0.25, 0.3) is 5.91 Å². The lowest BCUT2D eigenvalue weighted by Crippen LogP contribution is -2.38. The van der Waals surface area contributed by atoms with Crippen LogP contribution in [0.15, 0.2) is 89.9 Å². The maximum Gasteiger partial charge on any atom is 0.259 e. The first-order valence-electron chi connectivity index (χ1n) is 15.4. The summed E-state index contributed by atoms with van der Waals surface area (Å²) in [5, 5.41) is 0.614. The number of aromatic nitrogens is 1. The topological polar surface area (TPSA) is 64.0 Å². The number of piperidine rings is 1. The number of para-hydroxylation sites is 1. The molecule has 3 heterocycles. The second kappa shape index (κ2) is 15.0. The molecule has 0 N–H and O–H groups in total. The average Bonchev–Trinajstić information content (AvgIpc) is 3.46. The summed E-state index contributed by atoms with van der Waals surface area (Å²) in [6, 6.07) is 26.2. The van der Waals surface area contributed by atoms with Gasteiger partial charge in [-0.05, 0) is 73.3 Å². The van der Waals surface area contributed by atoms with E-state index in [-0.39, 0.29) is 29.3 Å². The molecule has 1 fully saturated rings. The van der Waals surface area contributed by atoms with E-state index in [1.54, 1.807) is 31.8 Å². The number of fused-ring (bicyclic) bond motifs is 1. The number of nitrogens with zero attached hydrogens (tertiary/aromatic N) is 3. The minimum atomic E-state index is -0.198. The molecule has 1 aliphatic rings. The molecule has 0 aliphatic carbocycles. The first-order valence-corrected chi connectivity index (χ1v) is 16.3. The van der Waals surface area contributed by atoms with Gasteiger partial charge in [0.1, 0.15) is 21.9 Å². The van der Waals surface area contributed by atoms with Gasteiger partial charge >= 0.3 is 0 Å². The third kappa shape index (κ3) is 6.99. The summed E-state index contributed by atoms with van der Waals surface area (Å²) in [6.07, 6.45) is 4.80. The van der Waals surface area contributed by atoms with Crippen LogP contribution in [0.25, 0.3) is 20.7 Å². The van der Waals surface area contributed by atoms with Gasteiger partial charge in [-0.1, -0.05) is 48.5 Å². The maximum atomic E-state index is 14.5. The third-order valence-corrected chi connectivity index (χ3v) is 9.81. The number of ether oxygens (including phenoxy) is 2. The lowest BCUT2D eigenvalue weighted by Gasteiger charge is -2.27. The van der Waals surface area contributed by atoms with Crippen LogP contribution in [-0.2, 0) is 19.6 Å². The summed E-state index contributed by atoms with van der Waals surface area (Å²) in [6.45, 7) is 3.08. The van der Waals surface area contributed by atoms with Crippen LogP contribution in [0.1, 0.15) is 46.3 Å². The fourth-order valence-electron chi connectivity index (χ4n) is 6.20. The van der Waals surface area contributed by atoms with Crippen LogP contribution in [0.5, 0.6) is 11.5 Å². The van der Waals surface area contributed by atoms with Gasteiger partial charge in [-0.3, -0.25) is 14.5 Å². The number of benzene rings is 3. The van der Waals surface area contributed by atoms with Crippen molar-refractivity contribution in [3.8, 4) is 21.9 Å². The van der Waals surface area contributed by atoms with E-state index in [1.165, 1.54) is 5.56 Å². The lowest BCUT2D eigenvalue weighted by atomic mass is 10.0. The Labute approximate surface area is 280 Å². The number of halogens is 1. The van der Waals surface area contributed by atoms with Gasteiger partial charge in [-0.25, -0.2) is 0 Å². The van der Waals surface area contributed by atoms with Crippen molar-refractivity contribution in [3.63, 3.8) is 0 Å². The molecule has 1 aliphatic heterocycles. The summed E-state index contributed by atoms with van der Waals surface area (Å²) < 4.78 is 13.2. The van der Waals surface area contributed by atoms with Crippen molar-refractivity contribution in [1.29, 1.82) is 0 Å². The standard InChI is InChI=1S/C37H39N3O4S.ClH/c1-38(22-26-12-6-4-7-13-26)24-30-33-34(41)31(36(42)39-20-10-5-11-21-39)25-40(23-28-14-8-9-15-32(28)44-3)37(33)45-35(30)27-16-18-29(43-2)19-17-27;/h4,6-9,12-19,25H,5,10-11,20-24H2,1-3H3;1H. The number of thiophene rings is 1. The van der Waals surface area contributed by atoms with Crippen molar-refractivity contribution in [2.75, 3.05) is 34.4 Å². The Morgan fingerprint density at radius 1 is 0.870 bits per heavy atom. The molecule has 6 rings (SSSR count). The fraction of sp³-hybridized carbons (Fsp3) is 0.297. The highest BCUT2D eigenvalue weighted by molar-refractivity contribution is 7.22. The Bertz CT molecular complexity index is 1850.